The molecular weight excluding hydrogens is 288 g/mol. The second-order valence-electron chi connectivity index (χ2n) is 6.09. The smallest absolute Gasteiger partial charge is 0.232 e. The number of imidazole rings is 1. The number of hydrogen-bond acceptors (Lipinski definition) is 3. The first-order valence-corrected chi connectivity index (χ1v) is 7.76. The third kappa shape index (κ3) is 2.29. The van der Waals surface area contributed by atoms with E-state index in [-0.39, 0.29) is 17.7 Å². The van der Waals surface area contributed by atoms with Crippen LogP contribution in [0, 0.1) is 5.92 Å². The number of benzene rings is 1. The largest absolute Gasteiger partial charge is 0.313 e. The quantitative estimate of drug-likeness (QED) is 0.747. The lowest BCUT2D eigenvalue weighted by Crippen LogP contribution is -2.30. The van der Waals surface area contributed by atoms with Gasteiger partial charge in [0.25, 0.3) is 0 Å². The highest BCUT2D eigenvalue weighted by molar-refractivity contribution is 5.97. The van der Waals surface area contributed by atoms with Crippen LogP contribution in [-0.4, -0.2) is 27.5 Å². The van der Waals surface area contributed by atoms with E-state index >= 15 is 0 Å². The predicted octanol–water partition coefficient (Wildman–Crippen LogP) is 2.73. The predicted molar refractivity (Wildman–Crippen MR) is 89.2 cm³/mol. The van der Waals surface area contributed by atoms with Gasteiger partial charge in [0.1, 0.15) is 0 Å². The van der Waals surface area contributed by atoms with E-state index in [1.54, 1.807) is 11.1 Å². The molecule has 0 spiro atoms. The maximum atomic E-state index is 12.8. The molecule has 1 aliphatic rings. The zero-order valence-corrected chi connectivity index (χ0v) is 13.2. The van der Waals surface area contributed by atoms with E-state index in [1.165, 1.54) is 0 Å². The van der Waals surface area contributed by atoms with Crippen molar-refractivity contribution in [3.05, 3.63) is 54.4 Å². The van der Waals surface area contributed by atoms with Crippen molar-refractivity contribution in [1.82, 2.24) is 14.5 Å². The van der Waals surface area contributed by atoms with Crippen molar-refractivity contribution in [2.45, 2.75) is 12.3 Å². The summed E-state index contributed by atoms with van der Waals surface area (Å²) in [5, 5.41) is 0. The highest BCUT2D eigenvalue weighted by Gasteiger charge is 2.46. The van der Waals surface area contributed by atoms with E-state index in [0.29, 0.717) is 5.95 Å². The Kier molecular flexibility index (Phi) is 3.15. The molecule has 0 saturated heterocycles. The van der Waals surface area contributed by atoms with Crippen molar-refractivity contribution < 1.29 is 4.79 Å². The number of nitrogens with zero attached hydrogens (tertiary/aromatic N) is 4. The summed E-state index contributed by atoms with van der Waals surface area (Å²) < 4.78 is 1.97. The lowest BCUT2D eigenvalue weighted by Gasteiger charge is -2.16. The molecule has 116 valence electrons. The molecule has 0 bridgehead atoms. The van der Waals surface area contributed by atoms with Gasteiger partial charge in [-0.05, 0) is 36.1 Å². The van der Waals surface area contributed by atoms with E-state index < -0.39 is 0 Å². The Hall–Kier alpha value is -2.69. The summed E-state index contributed by atoms with van der Waals surface area (Å²) in [5.41, 5.74) is 3.08. The summed E-state index contributed by atoms with van der Waals surface area (Å²) in [7, 11) is 3.75. The first kappa shape index (κ1) is 13.9. The Morgan fingerprint density at radius 3 is 2.83 bits per heavy atom. The minimum absolute atomic E-state index is 0.0315. The first-order chi connectivity index (χ1) is 11.2. The number of pyridine rings is 1. The summed E-state index contributed by atoms with van der Waals surface area (Å²) in [6, 6.07) is 11.9. The normalized spacial score (nSPS) is 19.7. The van der Waals surface area contributed by atoms with Crippen LogP contribution in [0.5, 0.6) is 0 Å². The van der Waals surface area contributed by atoms with Gasteiger partial charge in [0.05, 0.1) is 11.0 Å². The number of carbonyl (C=O) groups excluding carboxylic acids is 1. The molecule has 3 aromatic rings. The number of amides is 1. The number of para-hydroxylation sites is 2. The molecule has 1 fully saturated rings. The number of anilines is 1. The Morgan fingerprint density at radius 2 is 2.09 bits per heavy atom. The second kappa shape index (κ2) is 5.19. The van der Waals surface area contributed by atoms with Crippen molar-refractivity contribution in [2.24, 2.45) is 13.0 Å². The zero-order valence-electron chi connectivity index (χ0n) is 13.2. The standard InChI is InChI=1S/C18H18N4O/c1-21-16-8-4-3-7-15(16)20-18(21)22(2)17(23)14-10-13(14)12-6-5-9-19-11-12/h3-9,11,13-14H,10H2,1-2H3/t13-,14-/m0/s1. The van der Waals surface area contributed by atoms with Gasteiger partial charge in [0, 0.05) is 32.4 Å². The van der Waals surface area contributed by atoms with Gasteiger partial charge in [-0.25, -0.2) is 4.98 Å². The SMILES string of the molecule is CN(C(=O)[C@H]1C[C@H]1c1cccnc1)c1nc2ccccc2n1C. The summed E-state index contributed by atoms with van der Waals surface area (Å²) in [6.45, 7) is 0. The fourth-order valence-corrected chi connectivity index (χ4v) is 3.21. The van der Waals surface area contributed by atoms with Crippen LogP contribution in [0.2, 0.25) is 0 Å². The molecule has 4 rings (SSSR count). The molecular formula is C18H18N4O. The first-order valence-electron chi connectivity index (χ1n) is 7.76. The molecule has 2 atom stereocenters. The number of fused-ring (bicyclic) bond motifs is 1. The summed E-state index contributed by atoms with van der Waals surface area (Å²) in [4.78, 5) is 23.2. The Balaban J connectivity index is 1.58. The number of aromatic nitrogens is 3. The maximum Gasteiger partial charge on any atom is 0.232 e. The minimum Gasteiger partial charge on any atom is -0.313 e. The summed E-state index contributed by atoms with van der Waals surface area (Å²) in [5.74, 6) is 1.13. The van der Waals surface area contributed by atoms with E-state index in [2.05, 4.69) is 9.97 Å². The average molecular weight is 306 g/mol. The Labute approximate surface area is 134 Å². The topological polar surface area (TPSA) is 51.0 Å². The Morgan fingerprint density at radius 1 is 1.26 bits per heavy atom. The van der Waals surface area contributed by atoms with Gasteiger partial charge >= 0.3 is 0 Å². The molecule has 2 heterocycles. The lowest BCUT2D eigenvalue weighted by atomic mass is 10.1. The molecule has 1 saturated carbocycles. The van der Waals surface area contributed by atoms with E-state index in [0.717, 1.165) is 23.0 Å². The Bertz CT molecular complexity index is 871. The van der Waals surface area contributed by atoms with Crippen molar-refractivity contribution in [3.8, 4) is 0 Å². The van der Waals surface area contributed by atoms with Crippen molar-refractivity contribution in [1.29, 1.82) is 0 Å². The number of hydrogen-bond donors (Lipinski definition) is 0. The van der Waals surface area contributed by atoms with Crippen LogP contribution in [-0.2, 0) is 11.8 Å². The van der Waals surface area contributed by atoms with Gasteiger partial charge in [-0.3, -0.25) is 14.7 Å². The van der Waals surface area contributed by atoms with Crippen LogP contribution in [0.25, 0.3) is 11.0 Å². The molecule has 23 heavy (non-hydrogen) atoms. The van der Waals surface area contributed by atoms with Crippen LogP contribution in [0.3, 0.4) is 0 Å². The summed E-state index contributed by atoms with van der Waals surface area (Å²) >= 11 is 0. The van der Waals surface area contributed by atoms with Crippen LogP contribution >= 0.6 is 0 Å². The molecule has 1 amide bonds. The van der Waals surface area contributed by atoms with Crippen molar-refractivity contribution in [3.63, 3.8) is 0 Å². The number of aryl methyl sites for hydroxylation is 1. The molecule has 1 aromatic carbocycles. The fourth-order valence-electron chi connectivity index (χ4n) is 3.21. The second-order valence-corrected chi connectivity index (χ2v) is 6.09. The molecule has 0 N–H and O–H groups in total. The van der Waals surface area contributed by atoms with E-state index in [1.807, 2.05) is 61.3 Å². The van der Waals surface area contributed by atoms with Gasteiger partial charge in [-0.15, -0.1) is 0 Å². The monoisotopic (exact) mass is 306 g/mol. The van der Waals surface area contributed by atoms with Crippen LogP contribution in [0.15, 0.2) is 48.8 Å². The highest BCUT2D eigenvalue weighted by atomic mass is 16.2. The minimum atomic E-state index is 0.0315. The molecule has 5 nitrogen and oxygen atoms in total. The molecule has 5 heteroatoms. The number of carbonyl (C=O) groups is 1. The van der Waals surface area contributed by atoms with Crippen molar-refractivity contribution in [2.75, 3.05) is 11.9 Å². The van der Waals surface area contributed by atoms with Crippen LogP contribution < -0.4 is 4.90 Å². The average Bonchev–Trinajstić information content (AvgIpc) is 3.33. The maximum absolute atomic E-state index is 12.8. The molecule has 0 radical (unpaired) electrons. The highest BCUT2D eigenvalue weighted by Crippen LogP contribution is 2.48. The fraction of sp³-hybridized carbons (Fsp3) is 0.278. The van der Waals surface area contributed by atoms with E-state index in [4.69, 9.17) is 0 Å². The third-order valence-electron chi connectivity index (χ3n) is 4.61. The molecule has 0 aliphatic heterocycles. The van der Waals surface area contributed by atoms with Crippen LogP contribution in [0.1, 0.15) is 17.9 Å². The number of rotatable bonds is 3. The molecule has 1 aliphatic carbocycles. The molecule has 2 aromatic heterocycles. The van der Waals surface area contributed by atoms with Gasteiger partial charge < -0.3 is 4.57 Å². The van der Waals surface area contributed by atoms with Gasteiger partial charge in [0.15, 0.2) is 0 Å². The molecule has 0 unspecified atom stereocenters. The zero-order chi connectivity index (χ0) is 16.0. The third-order valence-corrected chi connectivity index (χ3v) is 4.61. The summed E-state index contributed by atoms with van der Waals surface area (Å²) in [6.07, 6.45) is 4.50. The van der Waals surface area contributed by atoms with E-state index in [9.17, 15) is 4.79 Å². The van der Waals surface area contributed by atoms with Gasteiger partial charge in [-0.1, -0.05) is 18.2 Å². The van der Waals surface area contributed by atoms with Gasteiger partial charge in [0.2, 0.25) is 11.9 Å². The lowest BCUT2D eigenvalue weighted by molar-refractivity contribution is -0.119. The van der Waals surface area contributed by atoms with Crippen molar-refractivity contribution >= 4 is 22.9 Å². The van der Waals surface area contributed by atoms with Crippen LogP contribution in [0.4, 0.5) is 5.95 Å². The van der Waals surface area contributed by atoms with Gasteiger partial charge in [-0.2, -0.15) is 0 Å².